The second-order valence-corrected chi connectivity index (χ2v) is 10.5. The van der Waals surface area contributed by atoms with Crippen LogP contribution in [-0.4, -0.2) is 39.6 Å². The van der Waals surface area contributed by atoms with Crippen molar-refractivity contribution in [1.82, 2.24) is 4.98 Å². The molecule has 0 bridgehead atoms. The first-order valence-electron chi connectivity index (χ1n) is 10.8. The van der Waals surface area contributed by atoms with Gasteiger partial charge in [-0.3, -0.25) is 4.31 Å². The summed E-state index contributed by atoms with van der Waals surface area (Å²) in [6.07, 6.45) is 0. The van der Waals surface area contributed by atoms with Crippen LogP contribution in [0.25, 0.3) is 10.2 Å². The number of rotatable bonds is 10. The highest BCUT2D eigenvalue weighted by Crippen LogP contribution is 2.26. The molecule has 0 fully saturated rings. The predicted molar refractivity (Wildman–Crippen MR) is 135 cm³/mol. The van der Waals surface area contributed by atoms with E-state index in [0.29, 0.717) is 28.8 Å². The smallest absolute Gasteiger partial charge is 0.344 e. The van der Waals surface area contributed by atoms with Crippen LogP contribution in [0, 0.1) is 0 Å². The molecule has 0 N–H and O–H groups in total. The monoisotopic (exact) mass is 512 g/mol. The van der Waals surface area contributed by atoms with Gasteiger partial charge < -0.3 is 14.2 Å². The average molecular weight is 513 g/mol. The molecular weight excluding hydrogens is 488 g/mol. The number of aromatic nitrogens is 1. The van der Waals surface area contributed by atoms with E-state index in [4.69, 9.17) is 14.2 Å². The predicted octanol–water partition coefficient (Wildman–Crippen LogP) is 4.64. The molecule has 0 spiro atoms. The molecule has 4 aromatic rings. The Labute approximate surface area is 207 Å². The Morgan fingerprint density at radius 3 is 2.29 bits per heavy atom. The van der Waals surface area contributed by atoms with Gasteiger partial charge >= 0.3 is 5.97 Å². The summed E-state index contributed by atoms with van der Waals surface area (Å²) in [6.45, 7) is 2.17. The molecule has 0 unspecified atom stereocenters. The van der Waals surface area contributed by atoms with Crippen molar-refractivity contribution in [3.63, 3.8) is 0 Å². The second-order valence-electron chi connectivity index (χ2n) is 7.40. The molecule has 35 heavy (non-hydrogen) atoms. The van der Waals surface area contributed by atoms with Crippen molar-refractivity contribution < 1.29 is 27.4 Å². The Morgan fingerprint density at radius 1 is 0.943 bits per heavy atom. The van der Waals surface area contributed by atoms with E-state index in [0.717, 1.165) is 10.2 Å². The van der Waals surface area contributed by atoms with Gasteiger partial charge in [0, 0.05) is 7.05 Å². The first-order valence-corrected chi connectivity index (χ1v) is 13.1. The summed E-state index contributed by atoms with van der Waals surface area (Å²) in [5, 5.41) is 0.709. The van der Waals surface area contributed by atoms with E-state index in [2.05, 4.69) is 4.98 Å². The third-order valence-corrected chi connectivity index (χ3v) is 7.85. The number of carbonyl (C=O) groups is 1. The van der Waals surface area contributed by atoms with Crippen molar-refractivity contribution in [1.29, 1.82) is 0 Å². The molecule has 0 atom stereocenters. The Bertz CT molecular complexity index is 1370. The van der Waals surface area contributed by atoms with Gasteiger partial charge in [-0.05, 0) is 67.6 Å². The number of anilines is 1. The lowest BCUT2D eigenvalue weighted by Crippen LogP contribution is -2.26. The zero-order chi connectivity index (χ0) is 24.8. The van der Waals surface area contributed by atoms with Crippen LogP contribution >= 0.6 is 11.3 Å². The zero-order valence-corrected chi connectivity index (χ0v) is 20.8. The number of benzene rings is 3. The minimum absolute atomic E-state index is 0.0781. The quantitative estimate of drug-likeness (QED) is 0.286. The van der Waals surface area contributed by atoms with Gasteiger partial charge in [0.2, 0.25) is 0 Å². The normalized spacial score (nSPS) is 11.3. The third kappa shape index (κ3) is 5.90. The topological polar surface area (TPSA) is 95.0 Å². The fourth-order valence-electron chi connectivity index (χ4n) is 3.23. The maximum absolute atomic E-state index is 12.9. The summed E-state index contributed by atoms with van der Waals surface area (Å²) in [7, 11) is -2.27. The number of thiazole rings is 1. The average Bonchev–Trinajstić information content (AvgIpc) is 3.30. The first-order chi connectivity index (χ1) is 16.9. The molecule has 0 saturated heterocycles. The van der Waals surface area contributed by atoms with Crippen LogP contribution in [0.4, 0.5) is 5.69 Å². The van der Waals surface area contributed by atoms with Crippen LogP contribution in [0.1, 0.15) is 11.9 Å². The third-order valence-electron chi connectivity index (χ3n) is 5.04. The number of sulfonamides is 1. The summed E-state index contributed by atoms with van der Waals surface area (Å²) >= 11 is 1.47. The molecule has 10 heteroatoms. The van der Waals surface area contributed by atoms with Crippen LogP contribution < -0.4 is 13.8 Å². The Kier molecular flexibility index (Phi) is 7.52. The molecule has 0 saturated carbocycles. The fourth-order valence-corrected chi connectivity index (χ4v) is 5.31. The van der Waals surface area contributed by atoms with E-state index in [9.17, 15) is 13.2 Å². The van der Waals surface area contributed by atoms with Crippen molar-refractivity contribution in [2.75, 3.05) is 24.6 Å². The summed E-state index contributed by atoms with van der Waals surface area (Å²) in [5.41, 5.74) is 1.32. The van der Waals surface area contributed by atoms with Crippen LogP contribution in [0.15, 0.2) is 77.7 Å². The molecule has 0 radical (unpaired) electrons. The molecule has 0 amide bonds. The number of carbonyl (C=O) groups excluding carboxylic acids is 1. The molecule has 0 aliphatic carbocycles. The van der Waals surface area contributed by atoms with E-state index >= 15 is 0 Å². The van der Waals surface area contributed by atoms with E-state index in [-0.39, 0.29) is 18.1 Å². The van der Waals surface area contributed by atoms with Crippen molar-refractivity contribution in [2.45, 2.75) is 18.4 Å². The summed E-state index contributed by atoms with van der Waals surface area (Å²) in [5.74, 6) is 0.496. The Morgan fingerprint density at radius 2 is 1.60 bits per heavy atom. The van der Waals surface area contributed by atoms with Gasteiger partial charge in [-0.25, -0.2) is 18.2 Å². The number of para-hydroxylation sites is 1. The number of hydrogen-bond donors (Lipinski definition) is 0. The lowest BCUT2D eigenvalue weighted by atomic mass is 10.3. The maximum Gasteiger partial charge on any atom is 0.344 e. The SMILES string of the molecule is CCOc1ccc(S(=O)(=O)N(C)c2ccc(OCC(=O)OCc3nc4ccccc4s3)cc2)cc1. The fraction of sp³-hybridized carbons (Fsp3) is 0.200. The summed E-state index contributed by atoms with van der Waals surface area (Å²) < 4.78 is 44.2. The standard InChI is InChI=1S/C25H24N2O6S2/c1-3-31-19-12-14-21(15-13-19)35(29,30)27(2)18-8-10-20(11-9-18)32-17-25(28)33-16-24-26-22-6-4-5-7-23(22)34-24/h4-15H,3,16-17H2,1-2H3. The number of fused-ring (bicyclic) bond motifs is 1. The maximum atomic E-state index is 12.9. The molecule has 1 aromatic heterocycles. The number of ether oxygens (including phenoxy) is 3. The largest absolute Gasteiger partial charge is 0.494 e. The number of nitrogens with zero attached hydrogens (tertiary/aromatic N) is 2. The van der Waals surface area contributed by atoms with Crippen LogP contribution in [0.2, 0.25) is 0 Å². The number of esters is 1. The molecule has 0 aliphatic rings. The lowest BCUT2D eigenvalue weighted by molar-refractivity contribution is -0.147. The number of hydrogen-bond acceptors (Lipinski definition) is 8. The van der Waals surface area contributed by atoms with Gasteiger partial charge in [0.15, 0.2) is 6.61 Å². The van der Waals surface area contributed by atoms with Gasteiger partial charge in [0.05, 0.1) is 27.4 Å². The first kappa shape index (κ1) is 24.5. The molecule has 8 nitrogen and oxygen atoms in total. The van der Waals surface area contributed by atoms with Gasteiger partial charge in [0.25, 0.3) is 10.0 Å². The van der Waals surface area contributed by atoms with Crippen molar-refractivity contribution in [3.8, 4) is 11.5 Å². The highest BCUT2D eigenvalue weighted by molar-refractivity contribution is 7.92. The van der Waals surface area contributed by atoms with Gasteiger partial charge in [0.1, 0.15) is 23.1 Å². The Hall–Kier alpha value is -3.63. The summed E-state index contributed by atoms with van der Waals surface area (Å²) in [4.78, 5) is 16.6. The van der Waals surface area contributed by atoms with Crippen LogP contribution in [0.5, 0.6) is 11.5 Å². The molecule has 4 rings (SSSR count). The molecule has 182 valence electrons. The van der Waals surface area contributed by atoms with Gasteiger partial charge in [-0.1, -0.05) is 12.1 Å². The van der Waals surface area contributed by atoms with Gasteiger partial charge in [-0.2, -0.15) is 0 Å². The van der Waals surface area contributed by atoms with Crippen molar-refractivity contribution in [2.24, 2.45) is 0 Å². The molecule has 1 heterocycles. The highest BCUT2D eigenvalue weighted by Gasteiger charge is 2.21. The van der Waals surface area contributed by atoms with E-state index in [1.807, 2.05) is 31.2 Å². The van der Waals surface area contributed by atoms with E-state index < -0.39 is 16.0 Å². The minimum atomic E-state index is -3.75. The van der Waals surface area contributed by atoms with E-state index in [1.165, 1.54) is 34.8 Å². The molecule has 0 aliphatic heterocycles. The van der Waals surface area contributed by atoms with Crippen molar-refractivity contribution >= 4 is 43.2 Å². The van der Waals surface area contributed by atoms with Crippen molar-refractivity contribution in [3.05, 3.63) is 77.8 Å². The Balaban J connectivity index is 1.31. The van der Waals surface area contributed by atoms with Crippen LogP contribution in [0.3, 0.4) is 0 Å². The molecule has 3 aromatic carbocycles. The summed E-state index contributed by atoms with van der Waals surface area (Å²) in [6, 6.07) is 20.4. The van der Waals surface area contributed by atoms with E-state index in [1.54, 1.807) is 36.4 Å². The highest BCUT2D eigenvalue weighted by atomic mass is 32.2. The molecular formula is C25H24N2O6S2. The minimum Gasteiger partial charge on any atom is -0.494 e. The van der Waals surface area contributed by atoms with Gasteiger partial charge in [-0.15, -0.1) is 11.3 Å². The van der Waals surface area contributed by atoms with Crippen LogP contribution in [-0.2, 0) is 26.2 Å². The second kappa shape index (κ2) is 10.7. The lowest BCUT2D eigenvalue weighted by Gasteiger charge is -2.20. The zero-order valence-electron chi connectivity index (χ0n) is 19.2.